The van der Waals surface area contributed by atoms with Gasteiger partial charge in [0.25, 0.3) is 0 Å². The maximum Gasteiger partial charge on any atom is 0.126 e. The Morgan fingerprint density at radius 3 is 2.37 bits per heavy atom. The van der Waals surface area contributed by atoms with Gasteiger partial charge in [-0.25, -0.2) is 8.78 Å². The molecular formula is C16H25F2N. The number of nitrogens with one attached hydrogen (secondary N) is 1. The molecule has 1 nitrogen and oxygen atoms in total. The van der Waals surface area contributed by atoms with E-state index in [1.807, 2.05) is 0 Å². The van der Waals surface area contributed by atoms with Crippen LogP contribution in [0.2, 0.25) is 0 Å². The van der Waals surface area contributed by atoms with Gasteiger partial charge in [-0.2, -0.15) is 0 Å². The lowest BCUT2D eigenvalue weighted by Crippen LogP contribution is -2.28. The van der Waals surface area contributed by atoms with E-state index in [1.54, 1.807) is 0 Å². The fraction of sp³-hybridized carbons (Fsp3) is 0.625. The molecule has 0 bridgehead atoms. The summed E-state index contributed by atoms with van der Waals surface area (Å²) in [6, 6.07) is 4.18. The van der Waals surface area contributed by atoms with Crippen LogP contribution in [-0.4, -0.2) is 12.6 Å². The molecule has 1 rings (SSSR count). The lowest BCUT2D eigenvalue weighted by Gasteiger charge is -2.13. The Balaban J connectivity index is 2.18. The molecule has 19 heavy (non-hydrogen) atoms. The molecule has 1 unspecified atom stereocenters. The Bertz CT molecular complexity index is 346. The molecule has 0 saturated carbocycles. The molecule has 1 aromatic rings. The van der Waals surface area contributed by atoms with Crippen molar-refractivity contribution in [2.45, 2.75) is 58.4 Å². The smallest absolute Gasteiger partial charge is 0.126 e. The predicted molar refractivity (Wildman–Crippen MR) is 76.3 cm³/mol. The second-order valence-corrected chi connectivity index (χ2v) is 5.23. The maximum absolute atomic E-state index is 13.0. The molecular weight excluding hydrogens is 244 g/mol. The number of unbranched alkanes of at least 4 members (excludes halogenated alkanes) is 3. The van der Waals surface area contributed by atoms with Crippen molar-refractivity contribution >= 4 is 0 Å². The van der Waals surface area contributed by atoms with Gasteiger partial charge in [0.1, 0.15) is 11.6 Å². The van der Waals surface area contributed by atoms with E-state index >= 15 is 0 Å². The highest BCUT2D eigenvalue weighted by molar-refractivity contribution is 5.18. The normalized spacial score (nSPS) is 12.6. The van der Waals surface area contributed by atoms with E-state index in [0.717, 1.165) is 19.0 Å². The number of hydrogen-bond acceptors (Lipinski definition) is 1. The fourth-order valence-corrected chi connectivity index (χ4v) is 2.20. The SMILES string of the molecule is CCCCCCC(C)NCCc1cc(F)cc(F)c1. The molecule has 0 radical (unpaired) electrons. The van der Waals surface area contributed by atoms with Crippen molar-refractivity contribution in [1.29, 1.82) is 0 Å². The molecule has 1 aromatic carbocycles. The van der Waals surface area contributed by atoms with Crippen molar-refractivity contribution in [2.75, 3.05) is 6.54 Å². The molecule has 1 atom stereocenters. The molecule has 0 aliphatic rings. The van der Waals surface area contributed by atoms with Gasteiger partial charge in [0.15, 0.2) is 0 Å². The lowest BCUT2D eigenvalue weighted by atomic mass is 10.1. The monoisotopic (exact) mass is 269 g/mol. The van der Waals surface area contributed by atoms with Crippen LogP contribution in [0.3, 0.4) is 0 Å². The molecule has 0 heterocycles. The summed E-state index contributed by atoms with van der Waals surface area (Å²) in [7, 11) is 0. The quantitative estimate of drug-likeness (QED) is 0.653. The second kappa shape index (κ2) is 9.03. The van der Waals surface area contributed by atoms with Crippen LogP contribution in [0.5, 0.6) is 0 Å². The molecule has 3 heteroatoms. The second-order valence-electron chi connectivity index (χ2n) is 5.23. The minimum absolute atomic E-state index is 0.468. The van der Waals surface area contributed by atoms with E-state index in [1.165, 1.54) is 37.8 Å². The standard InChI is InChI=1S/C16H25F2N/c1-3-4-5-6-7-13(2)19-9-8-14-10-15(17)12-16(18)11-14/h10-13,19H,3-9H2,1-2H3. The third-order valence-corrected chi connectivity index (χ3v) is 3.32. The minimum atomic E-state index is -0.498. The molecule has 1 N–H and O–H groups in total. The highest BCUT2D eigenvalue weighted by Crippen LogP contribution is 2.09. The molecule has 0 aromatic heterocycles. The highest BCUT2D eigenvalue weighted by atomic mass is 19.1. The fourth-order valence-electron chi connectivity index (χ4n) is 2.20. The third-order valence-electron chi connectivity index (χ3n) is 3.32. The molecule has 0 saturated heterocycles. The van der Waals surface area contributed by atoms with Crippen molar-refractivity contribution < 1.29 is 8.78 Å². The summed E-state index contributed by atoms with van der Waals surface area (Å²) in [5.74, 6) is -0.995. The number of hydrogen-bond donors (Lipinski definition) is 1. The maximum atomic E-state index is 13.0. The van der Waals surface area contributed by atoms with Gasteiger partial charge in [-0.3, -0.25) is 0 Å². The summed E-state index contributed by atoms with van der Waals surface area (Å²) in [6.45, 7) is 5.13. The number of rotatable bonds is 9. The van der Waals surface area contributed by atoms with E-state index in [4.69, 9.17) is 0 Å². The van der Waals surface area contributed by atoms with E-state index in [-0.39, 0.29) is 0 Å². The Labute approximate surface area is 115 Å². The van der Waals surface area contributed by atoms with Gasteiger partial charge in [-0.05, 0) is 44.0 Å². The van der Waals surface area contributed by atoms with Crippen molar-refractivity contribution in [3.05, 3.63) is 35.4 Å². The largest absolute Gasteiger partial charge is 0.314 e. The van der Waals surface area contributed by atoms with Gasteiger partial charge >= 0.3 is 0 Å². The average Bonchev–Trinajstić information content (AvgIpc) is 2.33. The Morgan fingerprint density at radius 2 is 1.74 bits per heavy atom. The van der Waals surface area contributed by atoms with Crippen molar-refractivity contribution in [1.82, 2.24) is 5.32 Å². The lowest BCUT2D eigenvalue weighted by molar-refractivity contribution is 0.485. The van der Waals surface area contributed by atoms with Crippen molar-refractivity contribution in [2.24, 2.45) is 0 Å². The van der Waals surface area contributed by atoms with Gasteiger partial charge in [0.05, 0.1) is 0 Å². The zero-order chi connectivity index (χ0) is 14.1. The summed E-state index contributed by atoms with van der Waals surface area (Å²) >= 11 is 0. The summed E-state index contributed by atoms with van der Waals surface area (Å²) in [5.41, 5.74) is 0.711. The van der Waals surface area contributed by atoms with Crippen LogP contribution in [0, 0.1) is 11.6 Å². The first-order valence-corrected chi connectivity index (χ1v) is 7.30. The first-order chi connectivity index (χ1) is 9.11. The van der Waals surface area contributed by atoms with Crippen LogP contribution >= 0.6 is 0 Å². The summed E-state index contributed by atoms with van der Waals surface area (Å²) in [6.07, 6.45) is 6.92. The van der Waals surface area contributed by atoms with Crippen LogP contribution in [0.1, 0.15) is 51.5 Å². The molecule has 0 amide bonds. The van der Waals surface area contributed by atoms with Crippen molar-refractivity contribution in [3.63, 3.8) is 0 Å². The summed E-state index contributed by atoms with van der Waals surface area (Å²) in [4.78, 5) is 0. The Kier molecular flexibility index (Phi) is 7.65. The minimum Gasteiger partial charge on any atom is -0.314 e. The average molecular weight is 269 g/mol. The van der Waals surface area contributed by atoms with Gasteiger partial charge < -0.3 is 5.32 Å². The molecule has 0 aliphatic heterocycles. The topological polar surface area (TPSA) is 12.0 Å². The first kappa shape index (κ1) is 16.1. The highest BCUT2D eigenvalue weighted by Gasteiger charge is 2.03. The number of halogens is 2. The summed E-state index contributed by atoms with van der Waals surface area (Å²) in [5, 5.41) is 3.40. The van der Waals surface area contributed by atoms with Gasteiger partial charge in [0, 0.05) is 12.1 Å². The van der Waals surface area contributed by atoms with Crippen molar-refractivity contribution in [3.8, 4) is 0 Å². The van der Waals surface area contributed by atoms with E-state index < -0.39 is 11.6 Å². The van der Waals surface area contributed by atoms with E-state index in [2.05, 4.69) is 19.2 Å². The first-order valence-electron chi connectivity index (χ1n) is 7.30. The third kappa shape index (κ3) is 7.26. The van der Waals surface area contributed by atoms with E-state index in [0.29, 0.717) is 18.0 Å². The van der Waals surface area contributed by atoms with Gasteiger partial charge in [-0.15, -0.1) is 0 Å². The molecule has 0 fully saturated rings. The van der Waals surface area contributed by atoms with E-state index in [9.17, 15) is 8.78 Å². The Morgan fingerprint density at radius 1 is 1.05 bits per heavy atom. The zero-order valence-electron chi connectivity index (χ0n) is 12.0. The molecule has 0 aliphatic carbocycles. The van der Waals surface area contributed by atoms with Gasteiger partial charge in [0.2, 0.25) is 0 Å². The van der Waals surface area contributed by atoms with Crippen LogP contribution < -0.4 is 5.32 Å². The van der Waals surface area contributed by atoms with Crippen LogP contribution in [0.25, 0.3) is 0 Å². The zero-order valence-corrected chi connectivity index (χ0v) is 12.0. The Hall–Kier alpha value is -0.960. The van der Waals surface area contributed by atoms with Gasteiger partial charge in [-0.1, -0.05) is 32.6 Å². The van der Waals surface area contributed by atoms with Crippen LogP contribution in [0.4, 0.5) is 8.78 Å². The number of benzene rings is 1. The van der Waals surface area contributed by atoms with Crippen LogP contribution in [0.15, 0.2) is 18.2 Å². The molecule has 0 spiro atoms. The molecule has 108 valence electrons. The predicted octanol–water partition coefficient (Wildman–Crippen LogP) is 4.46. The summed E-state index contributed by atoms with van der Waals surface area (Å²) < 4.78 is 26.0. The van der Waals surface area contributed by atoms with Crippen LogP contribution in [-0.2, 0) is 6.42 Å².